The lowest BCUT2D eigenvalue weighted by atomic mass is 10.2. The Hall–Kier alpha value is -2.57. The van der Waals surface area contributed by atoms with Crippen LogP contribution in [-0.4, -0.2) is 24.7 Å². The molecule has 0 fully saturated rings. The Morgan fingerprint density at radius 2 is 2.22 bits per heavy atom. The normalized spacial score (nSPS) is 10.9. The van der Waals surface area contributed by atoms with E-state index in [0.717, 1.165) is 5.56 Å². The molecule has 0 unspecified atom stereocenters. The first-order valence-electron chi connectivity index (χ1n) is 5.31. The monoisotopic (exact) mass is 243 g/mol. The molecule has 0 bridgehead atoms. The SMILES string of the molecule is Cc1cncc2ncn(Cc3ncno3)c(=O)c12. The highest BCUT2D eigenvalue weighted by Crippen LogP contribution is 2.09. The van der Waals surface area contributed by atoms with E-state index in [1.165, 1.54) is 17.2 Å². The van der Waals surface area contributed by atoms with Crippen LogP contribution in [0.25, 0.3) is 10.9 Å². The molecular weight excluding hydrogens is 234 g/mol. The zero-order valence-corrected chi connectivity index (χ0v) is 9.57. The van der Waals surface area contributed by atoms with E-state index in [1.807, 2.05) is 6.92 Å². The number of fused-ring (bicyclic) bond motifs is 1. The molecule has 3 rings (SSSR count). The third kappa shape index (κ3) is 1.65. The van der Waals surface area contributed by atoms with E-state index in [4.69, 9.17) is 4.52 Å². The molecule has 0 aromatic carbocycles. The predicted octanol–water partition coefficient (Wildman–Crippen LogP) is 0.531. The lowest BCUT2D eigenvalue weighted by Crippen LogP contribution is -2.22. The minimum Gasteiger partial charge on any atom is -0.338 e. The summed E-state index contributed by atoms with van der Waals surface area (Å²) in [6.07, 6.45) is 5.96. The van der Waals surface area contributed by atoms with Gasteiger partial charge in [0.15, 0.2) is 6.33 Å². The van der Waals surface area contributed by atoms with Gasteiger partial charge in [-0.3, -0.25) is 14.3 Å². The van der Waals surface area contributed by atoms with Crippen molar-refractivity contribution in [2.45, 2.75) is 13.5 Å². The molecule has 0 aliphatic rings. The molecule has 3 aromatic heterocycles. The highest BCUT2D eigenvalue weighted by atomic mass is 16.5. The molecule has 18 heavy (non-hydrogen) atoms. The smallest absolute Gasteiger partial charge is 0.262 e. The van der Waals surface area contributed by atoms with Crippen LogP contribution in [0.4, 0.5) is 0 Å². The summed E-state index contributed by atoms with van der Waals surface area (Å²) in [4.78, 5) is 24.4. The highest BCUT2D eigenvalue weighted by molar-refractivity contribution is 5.79. The van der Waals surface area contributed by atoms with Crippen molar-refractivity contribution in [3.05, 3.63) is 46.9 Å². The molecule has 0 aliphatic heterocycles. The second-order valence-corrected chi connectivity index (χ2v) is 3.86. The molecule has 0 N–H and O–H groups in total. The fraction of sp³-hybridized carbons (Fsp3) is 0.182. The van der Waals surface area contributed by atoms with Gasteiger partial charge in [-0.2, -0.15) is 4.98 Å². The van der Waals surface area contributed by atoms with Gasteiger partial charge in [-0.05, 0) is 12.5 Å². The minimum atomic E-state index is -0.141. The van der Waals surface area contributed by atoms with E-state index >= 15 is 0 Å². The third-order valence-corrected chi connectivity index (χ3v) is 2.64. The van der Waals surface area contributed by atoms with Gasteiger partial charge in [-0.15, -0.1) is 0 Å². The number of pyridine rings is 1. The topological polar surface area (TPSA) is 86.7 Å². The first kappa shape index (κ1) is 10.6. The van der Waals surface area contributed by atoms with Crippen molar-refractivity contribution in [1.82, 2.24) is 24.7 Å². The summed E-state index contributed by atoms with van der Waals surface area (Å²) in [5.41, 5.74) is 1.24. The van der Waals surface area contributed by atoms with Crippen molar-refractivity contribution in [2.75, 3.05) is 0 Å². The summed E-state index contributed by atoms with van der Waals surface area (Å²) >= 11 is 0. The summed E-state index contributed by atoms with van der Waals surface area (Å²) in [6, 6.07) is 0. The Bertz CT molecular complexity index is 748. The molecular formula is C11H9N5O2. The highest BCUT2D eigenvalue weighted by Gasteiger charge is 2.09. The molecule has 0 saturated heterocycles. The Morgan fingerprint density at radius 3 is 3.00 bits per heavy atom. The third-order valence-electron chi connectivity index (χ3n) is 2.64. The van der Waals surface area contributed by atoms with Crippen LogP contribution in [0.1, 0.15) is 11.5 Å². The average Bonchev–Trinajstić information content (AvgIpc) is 2.86. The molecule has 7 heteroatoms. The minimum absolute atomic E-state index is 0.141. The van der Waals surface area contributed by atoms with E-state index in [1.54, 1.807) is 12.4 Å². The summed E-state index contributed by atoms with van der Waals surface area (Å²) in [7, 11) is 0. The summed E-state index contributed by atoms with van der Waals surface area (Å²) in [5.74, 6) is 0.366. The van der Waals surface area contributed by atoms with Crippen molar-refractivity contribution in [1.29, 1.82) is 0 Å². The number of rotatable bonds is 2. The zero-order valence-electron chi connectivity index (χ0n) is 9.57. The van der Waals surface area contributed by atoms with Crippen LogP contribution in [0.5, 0.6) is 0 Å². The van der Waals surface area contributed by atoms with Gasteiger partial charge in [0.2, 0.25) is 5.89 Å². The van der Waals surface area contributed by atoms with Gasteiger partial charge < -0.3 is 4.52 Å². The fourth-order valence-corrected chi connectivity index (χ4v) is 1.78. The number of hydrogen-bond acceptors (Lipinski definition) is 6. The molecule has 90 valence electrons. The Kier molecular flexibility index (Phi) is 2.36. The summed E-state index contributed by atoms with van der Waals surface area (Å²) in [6.45, 7) is 2.04. The van der Waals surface area contributed by atoms with Crippen molar-refractivity contribution in [3.8, 4) is 0 Å². The first-order valence-corrected chi connectivity index (χ1v) is 5.31. The molecule has 3 heterocycles. The molecule has 0 amide bonds. The lowest BCUT2D eigenvalue weighted by Gasteiger charge is -2.04. The van der Waals surface area contributed by atoms with Crippen molar-refractivity contribution >= 4 is 10.9 Å². The lowest BCUT2D eigenvalue weighted by molar-refractivity contribution is 0.368. The van der Waals surface area contributed by atoms with Gasteiger partial charge in [0.1, 0.15) is 6.54 Å². The van der Waals surface area contributed by atoms with Crippen LogP contribution in [0.15, 0.2) is 34.4 Å². The van der Waals surface area contributed by atoms with Crippen LogP contribution < -0.4 is 5.56 Å². The number of nitrogens with zero attached hydrogens (tertiary/aromatic N) is 5. The second-order valence-electron chi connectivity index (χ2n) is 3.86. The molecule has 0 atom stereocenters. The van der Waals surface area contributed by atoms with Crippen LogP contribution in [0.2, 0.25) is 0 Å². The van der Waals surface area contributed by atoms with Gasteiger partial charge in [0.25, 0.3) is 5.56 Å². The standard InChI is InChI=1S/C11H9N5O2/c1-7-2-12-3-8-10(7)11(17)16(6-14-8)4-9-13-5-15-18-9/h2-3,5-6H,4H2,1H3. The van der Waals surface area contributed by atoms with Gasteiger partial charge in [-0.1, -0.05) is 5.16 Å². The maximum atomic E-state index is 12.3. The molecule has 7 nitrogen and oxygen atoms in total. The van der Waals surface area contributed by atoms with E-state index in [2.05, 4.69) is 20.1 Å². The largest absolute Gasteiger partial charge is 0.338 e. The fourth-order valence-electron chi connectivity index (χ4n) is 1.78. The van der Waals surface area contributed by atoms with Crippen LogP contribution >= 0.6 is 0 Å². The van der Waals surface area contributed by atoms with Gasteiger partial charge >= 0.3 is 0 Å². The van der Waals surface area contributed by atoms with E-state index in [9.17, 15) is 4.79 Å². The van der Waals surface area contributed by atoms with Crippen molar-refractivity contribution in [2.24, 2.45) is 0 Å². The molecule has 0 aliphatic carbocycles. The second kappa shape index (κ2) is 4.02. The van der Waals surface area contributed by atoms with E-state index < -0.39 is 0 Å². The van der Waals surface area contributed by atoms with Crippen LogP contribution in [0, 0.1) is 6.92 Å². The zero-order chi connectivity index (χ0) is 12.5. The number of hydrogen-bond donors (Lipinski definition) is 0. The molecule has 0 spiro atoms. The summed E-state index contributed by atoms with van der Waals surface area (Å²) in [5, 5.41) is 4.06. The molecule has 0 radical (unpaired) electrons. The molecule has 0 saturated carbocycles. The number of aromatic nitrogens is 5. The Morgan fingerprint density at radius 1 is 1.33 bits per heavy atom. The van der Waals surface area contributed by atoms with E-state index in [-0.39, 0.29) is 12.1 Å². The molecule has 3 aromatic rings. The average molecular weight is 243 g/mol. The van der Waals surface area contributed by atoms with Crippen molar-refractivity contribution < 1.29 is 4.52 Å². The van der Waals surface area contributed by atoms with Gasteiger partial charge in [0.05, 0.1) is 23.4 Å². The summed E-state index contributed by atoms with van der Waals surface area (Å²) < 4.78 is 6.31. The van der Waals surface area contributed by atoms with Crippen LogP contribution in [0.3, 0.4) is 0 Å². The number of aryl methyl sites for hydroxylation is 1. The quantitative estimate of drug-likeness (QED) is 0.652. The van der Waals surface area contributed by atoms with E-state index in [0.29, 0.717) is 16.8 Å². The van der Waals surface area contributed by atoms with Crippen molar-refractivity contribution in [3.63, 3.8) is 0 Å². The maximum absolute atomic E-state index is 12.3. The first-order chi connectivity index (χ1) is 8.75. The predicted molar refractivity (Wildman–Crippen MR) is 61.9 cm³/mol. The Balaban J connectivity index is 2.17. The Labute approximate surface area is 101 Å². The van der Waals surface area contributed by atoms with Gasteiger partial charge in [0, 0.05) is 6.20 Å². The van der Waals surface area contributed by atoms with Crippen LogP contribution in [-0.2, 0) is 6.54 Å². The van der Waals surface area contributed by atoms with Gasteiger partial charge in [-0.25, -0.2) is 4.98 Å². The maximum Gasteiger partial charge on any atom is 0.262 e.